The zero-order valence-electron chi connectivity index (χ0n) is 20.0. The van der Waals surface area contributed by atoms with E-state index in [-0.39, 0.29) is 6.04 Å². The van der Waals surface area contributed by atoms with Crippen molar-refractivity contribution in [2.24, 2.45) is 0 Å². The first kappa shape index (κ1) is 23.9. The first-order valence-electron chi connectivity index (χ1n) is 11.5. The summed E-state index contributed by atoms with van der Waals surface area (Å²) in [6, 6.07) is 16.0. The second kappa shape index (κ2) is 10.8. The number of hydrogen-bond acceptors (Lipinski definition) is 6. The van der Waals surface area contributed by atoms with E-state index in [1.807, 2.05) is 43.0 Å². The van der Waals surface area contributed by atoms with E-state index in [9.17, 15) is 0 Å². The van der Waals surface area contributed by atoms with E-state index in [2.05, 4.69) is 41.7 Å². The summed E-state index contributed by atoms with van der Waals surface area (Å²) < 4.78 is 16.6. The van der Waals surface area contributed by atoms with Crippen molar-refractivity contribution in [2.45, 2.75) is 33.2 Å². The Morgan fingerprint density at radius 1 is 1.09 bits per heavy atom. The normalized spacial score (nSPS) is 16.1. The van der Waals surface area contributed by atoms with Gasteiger partial charge in [0.2, 0.25) is 5.82 Å². The molecule has 0 bridgehead atoms. The molecule has 3 aromatic rings. The highest BCUT2D eigenvalue weighted by Crippen LogP contribution is 2.37. The number of allylic oxidation sites excluding steroid dienone is 1. The Hall–Kier alpha value is -3.23. The van der Waals surface area contributed by atoms with E-state index >= 15 is 0 Å². The molecule has 0 spiro atoms. The number of aromatic nitrogens is 2. The van der Waals surface area contributed by atoms with Crippen LogP contribution in [-0.4, -0.2) is 47.0 Å². The lowest BCUT2D eigenvalue weighted by molar-refractivity contribution is 0.183. The third-order valence-electron chi connectivity index (χ3n) is 5.92. The number of nitrogens with one attached hydrogen (secondary N) is 1. The fourth-order valence-electron chi connectivity index (χ4n) is 4.02. The summed E-state index contributed by atoms with van der Waals surface area (Å²) in [5.41, 5.74) is 5.09. The summed E-state index contributed by atoms with van der Waals surface area (Å²) in [6.07, 6.45) is 0.985. The first-order valence-corrected chi connectivity index (χ1v) is 11.9. The number of ether oxygens (including phenoxy) is 2. The van der Waals surface area contributed by atoms with E-state index in [0.29, 0.717) is 36.6 Å². The highest BCUT2D eigenvalue weighted by Gasteiger charge is 2.34. The fraction of sp³-hybridized carbons (Fsp3) is 0.346. The van der Waals surface area contributed by atoms with E-state index in [1.165, 1.54) is 5.56 Å². The van der Waals surface area contributed by atoms with Gasteiger partial charge in [-0.2, -0.15) is 4.98 Å². The molecule has 4 rings (SSSR count). The predicted octanol–water partition coefficient (Wildman–Crippen LogP) is 5.01. The van der Waals surface area contributed by atoms with Crippen molar-refractivity contribution >= 4 is 22.9 Å². The van der Waals surface area contributed by atoms with E-state index in [1.54, 1.807) is 7.11 Å². The summed E-state index contributed by atoms with van der Waals surface area (Å²) in [6.45, 7) is 7.93. The molecule has 0 fully saturated rings. The number of rotatable bonds is 9. The van der Waals surface area contributed by atoms with Crippen LogP contribution in [-0.2, 0) is 11.2 Å². The van der Waals surface area contributed by atoms with Gasteiger partial charge in [0.25, 0.3) is 5.89 Å². The highest BCUT2D eigenvalue weighted by molar-refractivity contribution is 7.80. The average molecular weight is 479 g/mol. The van der Waals surface area contributed by atoms with E-state index in [4.69, 9.17) is 31.2 Å². The second-order valence-electron chi connectivity index (χ2n) is 8.00. The predicted molar refractivity (Wildman–Crippen MR) is 136 cm³/mol. The minimum Gasteiger partial charge on any atom is -0.494 e. The lowest BCUT2D eigenvalue weighted by Gasteiger charge is -2.37. The van der Waals surface area contributed by atoms with Crippen molar-refractivity contribution in [1.29, 1.82) is 0 Å². The molecule has 1 aliphatic heterocycles. The zero-order chi connectivity index (χ0) is 24.1. The SMILES string of the molecule is CCOc1ccc(-c2noc(C3=C(C)N(CCOC)C(=S)NC3c3ccc(CC)cc3)n2)cc1. The van der Waals surface area contributed by atoms with Crippen molar-refractivity contribution < 1.29 is 14.0 Å². The van der Waals surface area contributed by atoms with E-state index < -0.39 is 0 Å². The van der Waals surface area contributed by atoms with Crippen LogP contribution in [0.1, 0.15) is 43.8 Å². The van der Waals surface area contributed by atoms with Crippen molar-refractivity contribution in [2.75, 3.05) is 26.9 Å². The number of thiocarbonyl (C=S) groups is 1. The third-order valence-corrected chi connectivity index (χ3v) is 6.25. The number of aryl methyl sites for hydroxylation is 1. The van der Waals surface area contributed by atoms with Gasteiger partial charge in [-0.15, -0.1) is 0 Å². The Balaban J connectivity index is 1.73. The van der Waals surface area contributed by atoms with Crippen LogP contribution in [0.3, 0.4) is 0 Å². The maximum Gasteiger partial charge on any atom is 0.258 e. The molecule has 0 saturated heterocycles. The van der Waals surface area contributed by atoms with Crippen LogP contribution in [0.5, 0.6) is 5.75 Å². The fourth-order valence-corrected chi connectivity index (χ4v) is 4.37. The molecular formula is C26H30N4O3S. The molecule has 0 radical (unpaired) electrons. The third kappa shape index (κ3) is 4.98. The monoisotopic (exact) mass is 478 g/mol. The molecule has 2 heterocycles. The van der Waals surface area contributed by atoms with Crippen molar-refractivity contribution in [3.63, 3.8) is 0 Å². The number of nitrogens with zero attached hydrogens (tertiary/aromatic N) is 3. The van der Waals surface area contributed by atoms with Gasteiger partial charge >= 0.3 is 0 Å². The Morgan fingerprint density at radius 3 is 2.47 bits per heavy atom. The van der Waals surface area contributed by atoms with Gasteiger partial charge in [-0.3, -0.25) is 0 Å². The largest absolute Gasteiger partial charge is 0.494 e. The smallest absolute Gasteiger partial charge is 0.258 e. The Morgan fingerprint density at radius 2 is 1.82 bits per heavy atom. The van der Waals surface area contributed by atoms with Crippen molar-refractivity contribution in [3.05, 3.63) is 71.2 Å². The van der Waals surface area contributed by atoms with Gasteiger partial charge in [-0.25, -0.2) is 0 Å². The van der Waals surface area contributed by atoms with Gasteiger partial charge in [-0.1, -0.05) is 36.3 Å². The molecule has 0 aliphatic carbocycles. The van der Waals surface area contributed by atoms with Crippen molar-refractivity contribution in [1.82, 2.24) is 20.4 Å². The molecule has 1 aliphatic rings. The topological polar surface area (TPSA) is 72.7 Å². The summed E-state index contributed by atoms with van der Waals surface area (Å²) in [5, 5.41) is 8.39. The summed E-state index contributed by atoms with van der Waals surface area (Å²) in [7, 11) is 1.68. The molecule has 2 aromatic carbocycles. The maximum absolute atomic E-state index is 5.80. The molecule has 1 atom stereocenters. The second-order valence-corrected chi connectivity index (χ2v) is 8.39. The highest BCUT2D eigenvalue weighted by atomic mass is 32.1. The van der Waals surface area contributed by atoms with Gasteiger partial charge in [0, 0.05) is 24.9 Å². The van der Waals surface area contributed by atoms with Crippen LogP contribution >= 0.6 is 12.2 Å². The molecule has 178 valence electrons. The van der Waals surface area contributed by atoms with Gasteiger partial charge in [0.15, 0.2) is 5.11 Å². The molecule has 1 unspecified atom stereocenters. The lowest BCUT2D eigenvalue weighted by Crippen LogP contribution is -2.47. The summed E-state index contributed by atoms with van der Waals surface area (Å²) in [5.74, 6) is 1.79. The average Bonchev–Trinajstić information content (AvgIpc) is 3.34. The number of hydrogen-bond donors (Lipinski definition) is 1. The molecule has 34 heavy (non-hydrogen) atoms. The summed E-state index contributed by atoms with van der Waals surface area (Å²) in [4.78, 5) is 6.78. The summed E-state index contributed by atoms with van der Waals surface area (Å²) >= 11 is 5.71. The first-order chi connectivity index (χ1) is 16.5. The minimum absolute atomic E-state index is 0.203. The van der Waals surface area contributed by atoms with Gasteiger partial charge in [-0.05, 0) is 67.9 Å². The molecule has 0 saturated carbocycles. The zero-order valence-corrected chi connectivity index (χ0v) is 20.8. The standard InChI is InChI=1S/C26H30N4O3S/c1-5-18-7-9-19(10-8-18)23-22(17(3)30(15-16-31-4)26(34)27-23)25-28-24(29-33-25)20-11-13-21(14-12-20)32-6-2/h7-14,23H,5-6,15-16H2,1-4H3,(H,27,34). The number of benzene rings is 2. The van der Waals surface area contributed by atoms with Crippen molar-refractivity contribution in [3.8, 4) is 17.1 Å². The molecule has 1 N–H and O–H groups in total. The minimum atomic E-state index is -0.203. The van der Waals surface area contributed by atoms with Gasteiger partial charge < -0.3 is 24.2 Å². The van der Waals surface area contributed by atoms with E-state index in [0.717, 1.165) is 34.6 Å². The Bertz CT molecular complexity index is 1160. The number of methoxy groups -OCH3 is 1. The Kier molecular flexibility index (Phi) is 7.59. The lowest BCUT2D eigenvalue weighted by atomic mass is 9.94. The van der Waals surface area contributed by atoms with Crippen LogP contribution in [0.4, 0.5) is 0 Å². The molecule has 7 nitrogen and oxygen atoms in total. The molecule has 1 aromatic heterocycles. The van der Waals surface area contributed by atoms with Crippen LogP contribution in [0.2, 0.25) is 0 Å². The van der Waals surface area contributed by atoms with Crippen LogP contribution in [0.15, 0.2) is 58.8 Å². The molecule has 0 amide bonds. The van der Waals surface area contributed by atoms with Gasteiger partial charge in [0.05, 0.1) is 24.8 Å². The quantitative estimate of drug-likeness (QED) is 0.431. The molecule has 8 heteroatoms. The Labute approximate surface area is 205 Å². The van der Waals surface area contributed by atoms with Crippen LogP contribution in [0.25, 0.3) is 17.0 Å². The van der Waals surface area contributed by atoms with Gasteiger partial charge in [0.1, 0.15) is 5.75 Å². The maximum atomic E-state index is 5.80. The van der Waals surface area contributed by atoms with Crippen LogP contribution in [0, 0.1) is 0 Å². The molecular weight excluding hydrogens is 448 g/mol. The van der Waals surface area contributed by atoms with Crippen LogP contribution < -0.4 is 10.1 Å².